The van der Waals surface area contributed by atoms with E-state index in [1.54, 1.807) is 0 Å². The molecule has 2 rings (SSSR count). The van der Waals surface area contributed by atoms with E-state index in [9.17, 15) is 0 Å². The minimum absolute atomic E-state index is 0.331. The number of halogens is 1. The fourth-order valence-corrected chi connectivity index (χ4v) is 2.78. The van der Waals surface area contributed by atoms with Gasteiger partial charge < -0.3 is 10.6 Å². The lowest BCUT2D eigenvalue weighted by atomic mass is 10.1. The van der Waals surface area contributed by atoms with Crippen molar-refractivity contribution >= 4 is 38.9 Å². The maximum Gasteiger partial charge on any atom is 0.170 e. The quantitative estimate of drug-likeness (QED) is 0.750. The average molecular weight is 363 g/mol. The molecule has 2 nitrogen and oxygen atoms in total. The average Bonchev–Trinajstić information content (AvgIpc) is 2.46. The van der Waals surface area contributed by atoms with Crippen LogP contribution in [0.5, 0.6) is 0 Å². The molecular weight excluding hydrogens is 344 g/mol. The molecule has 0 amide bonds. The van der Waals surface area contributed by atoms with Gasteiger partial charge in [-0.15, -0.1) is 0 Å². The first-order chi connectivity index (χ1) is 10.1. The topological polar surface area (TPSA) is 24.1 Å². The second kappa shape index (κ2) is 8.15. The molecule has 0 aliphatic carbocycles. The van der Waals surface area contributed by atoms with Crippen LogP contribution in [0.2, 0.25) is 0 Å². The number of nitrogens with one attached hydrogen (secondary N) is 2. The van der Waals surface area contributed by atoms with Gasteiger partial charge in [0.2, 0.25) is 0 Å². The monoisotopic (exact) mass is 362 g/mol. The van der Waals surface area contributed by atoms with Gasteiger partial charge in [0.05, 0.1) is 0 Å². The SMILES string of the molecule is C[C@@H](CCc1ccccc1)NC(=S)Nc1cccc(Br)c1. The molecular formula is C17H19BrN2S. The number of benzene rings is 2. The molecule has 0 fully saturated rings. The van der Waals surface area contributed by atoms with Gasteiger partial charge in [-0.3, -0.25) is 0 Å². The van der Waals surface area contributed by atoms with Crippen molar-refractivity contribution in [2.75, 3.05) is 5.32 Å². The largest absolute Gasteiger partial charge is 0.360 e. The van der Waals surface area contributed by atoms with Crippen molar-refractivity contribution in [2.24, 2.45) is 0 Å². The first-order valence-corrected chi connectivity index (χ1v) is 8.20. The Morgan fingerprint density at radius 3 is 2.62 bits per heavy atom. The van der Waals surface area contributed by atoms with Crippen molar-refractivity contribution in [3.63, 3.8) is 0 Å². The Bertz CT molecular complexity index is 586. The molecule has 2 aromatic carbocycles. The zero-order chi connectivity index (χ0) is 15.1. The predicted octanol–water partition coefficient (Wildman–Crippen LogP) is 4.76. The summed E-state index contributed by atoms with van der Waals surface area (Å²) in [6.45, 7) is 2.15. The fraction of sp³-hybridized carbons (Fsp3) is 0.235. The lowest BCUT2D eigenvalue weighted by molar-refractivity contribution is 0.609. The number of hydrogen-bond acceptors (Lipinski definition) is 1. The Balaban J connectivity index is 1.77. The highest BCUT2D eigenvalue weighted by Crippen LogP contribution is 2.15. The zero-order valence-corrected chi connectivity index (χ0v) is 14.4. The Kier molecular flexibility index (Phi) is 6.21. The maximum atomic E-state index is 5.35. The Labute approximate surface area is 140 Å². The molecule has 0 radical (unpaired) electrons. The molecule has 2 N–H and O–H groups in total. The molecule has 0 aromatic heterocycles. The second-order valence-electron chi connectivity index (χ2n) is 5.03. The Hall–Kier alpha value is -1.39. The highest BCUT2D eigenvalue weighted by atomic mass is 79.9. The molecule has 1 atom stereocenters. The smallest absolute Gasteiger partial charge is 0.170 e. The molecule has 0 saturated heterocycles. The van der Waals surface area contributed by atoms with Crippen molar-refractivity contribution in [1.29, 1.82) is 0 Å². The molecule has 0 spiro atoms. The predicted molar refractivity (Wildman–Crippen MR) is 97.7 cm³/mol. The summed E-state index contributed by atoms with van der Waals surface area (Å²) in [5, 5.41) is 7.19. The lowest BCUT2D eigenvalue weighted by Gasteiger charge is -2.17. The van der Waals surface area contributed by atoms with E-state index >= 15 is 0 Å². The van der Waals surface area contributed by atoms with E-state index in [0.717, 1.165) is 23.0 Å². The van der Waals surface area contributed by atoms with Gasteiger partial charge in [-0.1, -0.05) is 52.3 Å². The van der Waals surface area contributed by atoms with E-state index < -0.39 is 0 Å². The van der Waals surface area contributed by atoms with Crippen LogP contribution in [0, 0.1) is 0 Å². The van der Waals surface area contributed by atoms with Gasteiger partial charge in [-0.05, 0) is 55.7 Å². The molecule has 21 heavy (non-hydrogen) atoms. The van der Waals surface area contributed by atoms with E-state index in [0.29, 0.717) is 11.2 Å². The van der Waals surface area contributed by atoms with Crippen LogP contribution >= 0.6 is 28.1 Å². The zero-order valence-electron chi connectivity index (χ0n) is 12.0. The molecule has 4 heteroatoms. The molecule has 0 bridgehead atoms. The summed E-state index contributed by atoms with van der Waals surface area (Å²) in [4.78, 5) is 0. The first kappa shape index (κ1) is 16.0. The normalized spacial score (nSPS) is 11.7. The summed E-state index contributed by atoms with van der Waals surface area (Å²) in [5.74, 6) is 0. The van der Waals surface area contributed by atoms with Crippen LogP contribution in [0.4, 0.5) is 5.69 Å². The van der Waals surface area contributed by atoms with Crippen LogP contribution in [-0.2, 0) is 6.42 Å². The van der Waals surface area contributed by atoms with Gasteiger partial charge in [-0.2, -0.15) is 0 Å². The molecule has 0 unspecified atom stereocenters. The third kappa shape index (κ3) is 5.86. The second-order valence-corrected chi connectivity index (χ2v) is 6.36. The van der Waals surface area contributed by atoms with Crippen LogP contribution in [0.1, 0.15) is 18.9 Å². The van der Waals surface area contributed by atoms with E-state index in [-0.39, 0.29) is 0 Å². The lowest BCUT2D eigenvalue weighted by Crippen LogP contribution is -2.36. The van der Waals surface area contributed by atoms with Crippen LogP contribution in [0.15, 0.2) is 59.1 Å². The summed E-state index contributed by atoms with van der Waals surface area (Å²) < 4.78 is 1.03. The number of aryl methyl sites for hydroxylation is 1. The van der Waals surface area contributed by atoms with E-state index in [1.165, 1.54) is 5.56 Å². The first-order valence-electron chi connectivity index (χ1n) is 7.00. The standard InChI is InChI=1S/C17H19BrN2S/c1-13(10-11-14-6-3-2-4-7-14)19-17(21)20-16-9-5-8-15(18)12-16/h2-9,12-13H,10-11H2,1H3,(H2,19,20,21)/t13-/m0/s1. The fourth-order valence-electron chi connectivity index (χ4n) is 2.06. The third-order valence-corrected chi connectivity index (χ3v) is 3.88. The number of rotatable bonds is 5. The van der Waals surface area contributed by atoms with Crippen LogP contribution in [0.3, 0.4) is 0 Å². The molecule has 0 aliphatic heterocycles. The Morgan fingerprint density at radius 2 is 1.90 bits per heavy atom. The summed E-state index contributed by atoms with van der Waals surface area (Å²) in [5.41, 5.74) is 2.34. The summed E-state index contributed by atoms with van der Waals surface area (Å²) in [6, 6.07) is 18.8. The highest BCUT2D eigenvalue weighted by molar-refractivity contribution is 9.10. The van der Waals surface area contributed by atoms with Gasteiger partial charge in [-0.25, -0.2) is 0 Å². The van der Waals surface area contributed by atoms with Crippen molar-refractivity contribution in [1.82, 2.24) is 5.32 Å². The van der Waals surface area contributed by atoms with Gasteiger partial charge in [0.15, 0.2) is 5.11 Å². The van der Waals surface area contributed by atoms with E-state index in [2.05, 4.69) is 57.8 Å². The van der Waals surface area contributed by atoms with Crippen LogP contribution in [0.25, 0.3) is 0 Å². The van der Waals surface area contributed by atoms with Crippen LogP contribution in [-0.4, -0.2) is 11.2 Å². The minimum Gasteiger partial charge on any atom is -0.360 e. The molecule has 0 aliphatic rings. The number of hydrogen-bond donors (Lipinski definition) is 2. The van der Waals surface area contributed by atoms with Gasteiger partial charge in [0.1, 0.15) is 0 Å². The molecule has 110 valence electrons. The highest BCUT2D eigenvalue weighted by Gasteiger charge is 2.05. The maximum absolute atomic E-state index is 5.35. The van der Waals surface area contributed by atoms with E-state index in [4.69, 9.17) is 12.2 Å². The molecule has 0 saturated carbocycles. The van der Waals surface area contributed by atoms with Gasteiger partial charge >= 0.3 is 0 Å². The molecule has 0 heterocycles. The van der Waals surface area contributed by atoms with Crippen LogP contribution < -0.4 is 10.6 Å². The van der Waals surface area contributed by atoms with Crippen molar-refractivity contribution < 1.29 is 0 Å². The van der Waals surface area contributed by atoms with Crippen molar-refractivity contribution in [2.45, 2.75) is 25.8 Å². The van der Waals surface area contributed by atoms with E-state index in [1.807, 2.05) is 30.3 Å². The Morgan fingerprint density at radius 1 is 1.14 bits per heavy atom. The van der Waals surface area contributed by atoms with Crippen molar-refractivity contribution in [3.05, 3.63) is 64.6 Å². The van der Waals surface area contributed by atoms with Gasteiger partial charge in [0, 0.05) is 16.2 Å². The summed E-state index contributed by atoms with van der Waals surface area (Å²) in [6.07, 6.45) is 2.10. The summed E-state index contributed by atoms with van der Waals surface area (Å²) >= 11 is 8.80. The van der Waals surface area contributed by atoms with Gasteiger partial charge in [0.25, 0.3) is 0 Å². The molecule has 2 aromatic rings. The number of anilines is 1. The van der Waals surface area contributed by atoms with Crippen molar-refractivity contribution in [3.8, 4) is 0 Å². The summed E-state index contributed by atoms with van der Waals surface area (Å²) in [7, 11) is 0. The third-order valence-electron chi connectivity index (χ3n) is 3.17. The number of thiocarbonyl (C=S) groups is 1. The minimum atomic E-state index is 0.331.